The predicted molar refractivity (Wildman–Crippen MR) is 86.8 cm³/mol. The molecule has 0 fully saturated rings. The number of hydrogen-bond acceptors (Lipinski definition) is 4. The second-order valence-corrected chi connectivity index (χ2v) is 5.18. The Morgan fingerprint density at radius 3 is 1.50 bits per heavy atom. The lowest BCUT2D eigenvalue weighted by molar-refractivity contribution is -0.141. The minimum absolute atomic E-state index is 0.0520. The van der Waals surface area contributed by atoms with Gasteiger partial charge in [0.15, 0.2) is 0 Å². The molecule has 0 heterocycles. The lowest BCUT2D eigenvalue weighted by Gasteiger charge is -2.27. The molecule has 0 aromatic rings. The Kier molecular flexibility index (Phi) is 8.04. The van der Waals surface area contributed by atoms with Gasteiger partial charge in [0.05, 0.1) is 0 Å². The quantitative estimate of drug-likeness (QED) is 0.674. The fourth-order valence-electron chi connectivity index (χ4n) is 1.72. The summed E-state index contributed by atoms with van der Waals surface area (Å²) < 4.78 is 0. The lowest BCUT2D eigenvalue weighted by Crippen LogP contribution is -2.45. The molecule has 3 amide bonds. The normalized spacial score (nSPS) is 9.82. The summed E-state index contributed by atoms with van der Waals surface area (Å²) in [5, 5.41) is 0. The largest absolute Gasteiger partial charge is 0.336 e. The summed E-state index contributed by atoms with van der Waals surface area (Å²) in [7, 11) is 0. The zero-order valence-corrected chi connectivity index (χ0v) is 13.6. The molecule has 0 radical (unpaired) electrons. The van der Waals surface area contributed by atoms with Crippen molar-refractivity contribution < 1.29 is 14.4 Å². The molecular weight excluding hydrogens is 282 g/mol. The average Bonchev–Trinajstić information content (AvgIpc) is 2.44. The third kappa shape index (κ3) is 5.65. The van der Waals surface area contributed by atoms with E-state index in [1.165, 1.54) is 18.7 Å². The minimum atomic E-state index is -0.483. The number of imide groups is 1. The molecule has 122 valence electrons. The van der Waals surface area contributed by atoms with E-state index in [2.05, 4.69) is 19.7 Å². The minimum Gasteiger partial charge on any atom is -0.336 e. The highest BCUT2D eigenvalue weighted by molar-refractivity contribution is 6.08. The summed E-state index contributed by atoms with van der Waals surface area (Å²) in [5.41, 5.74) is 6.35. The standard InChI is InChI=1S/C16H25N3O3/c1-11(2)14(20)18(8-7-17)9-10-19(15(21)12(3)4)16(22)13(5)6/h1,3,5,7-10,17H2,2,4,6H3. The first-order valence-electron chi connectivity index (χ1n) is 6.95. The molecule has 0 aromatic heterocycles. The number of nitrogens with zero attached hydrogens (tertiary/aromatic N) is 2. The van der Waals surface area contributed by atoms with Crippen molar-refractivity contribution in [3.63, 3.8) is 0 Å². The van der Waals surface area contributed by atoms with Gasteiger partial charge in [0.25, 0.3) is 11.8 Å². The van der Waals surface area contributed by atoms with Crippen molar-refractivity contribution in [2.45, 2.75) is 20.8 Å². The number of amides is 3. The summed E-state index contributed by atoms with van der Waals surface area (Å²) in [6, 6.07) is 0. The van der Waals surface area contributed by atoms with E-state index < -0.39 is 11.8 Å². The maximum absolute atomic E-state index is 12.1. The number of rotatable bonds is 8. The van der Waals surface area contributed by atoms with Crippen molar-refractivity contribution in [1.29, 1.82) is 0 Å². The summed E-state index contributed by atoms with van der Waals surface area (Å²) in [6.07, 6.45) is 0. The van der Waals surface area contributed by atoms with Crippen LogP contribution < -0.4 is 5.73 Å². The van der Waals surface area contributed by atoms with Gasteiger partial charge in [-0.1, -0.05) is 19.7 Å². The summed E-state index contributed by atoms with van der Waals surface area (Å²) >= 11 is 0. The molecule has 0 saturated heterocycles. The summed E-state index contributed by atoms with van der Waals surface area (Å²) in [4.78, 5) is 38.7. The molecule has 2 N–H and O–H groups in total. The topological polar surface area (TPSA) is 83.7 Å². The third-order valence-electron chi connectivity index (χ3n) is 2.87. The van der Waals surface area contributed by atoms with E-state index in [-0.39, 0.29) is 36.7 Å². The van der Waals surface area contributed by atoms with Gasteiger partial charge in [0.2, 0.25) is 5.91 Å². The molecule has 6 heteroatoms. The van der Waals surface area contributed by atoms with Crippen LogP contribution in [0.4, 0.5) is 0 Å². The Hall–Kier alpha value is -2.21. The van der Waals surface area contributed by atoms with Crippen molar-refractivity contribution in [1.82, 2.24) is 9.80 Å². The smallest absolute Gasteiger partial charge is 0.255 e. The summed E-state index contributed by atoms with van der Waals surface area (Å²) in [5.74, 6) is -1.22. The second-order valence-electron chi connectivity index (χ2n) is 5.18. The van der Waals surface area contributed by atoms with Crippen molar-refractivity contribution in [3.05, 3.63) is 36.5 Å². The van der Waals surface area contributed by atoms with Crippen LogP contribution in [0.5, 0.6) is 0 Å². The molecule has 0 rings (SSSR count). The van der Waals surface area contributed by atoms with Gasteiger partial charge in [-0.3, -0.25) is 19.3 Å². The highest BCUT2D eigenvalue weighted by Gasteiger charge is 2.24. The van der Waals surface area contributed by atoms with Gasteiger partial charge in [-0.05, 0) is 20.8 Å². The molecule has 0 spiro atoms. The molecule has 0 aromatic carbocycles. The molecular formula is C16H25N3O3. The number of hydrogen-bond donors (Lipinski definition) is 1. The van der Waals surface area contributed by atoms with Crippen LogP contribution in [0.15, 0.2) is 36.5 Å². The molecule has 0 bridgehead atoms. The third-order valence-corrected chi connectivity index (χ3v) is 2.87. The molecule has 0 saturated carbocycles. The Morgan fingerprint density at radius 2 is 1.18 bits per heavy atom. The van der Waals surface area contributed by atoms with Crippen LogP contribution in [0.1, 0.15) is 20.8 Å². The fraction of sp³-hybridized carbons (Fsp3) is 0.438. The predicted octanol–water partition coefficient (Wildman–Crippen LogP) is 0.857. The highest BCUT2D eigenvalue weighted by atomic mass is 16.2. The first kappa shape index (κ1) is 19.8. The number of carbonyl (C=O) groups is 3. The van der Waals surface area contributed by atoms with Crippen LogP contribution in [-0.4, -0.2) is 53.7 Å². The van der Waals surface area contributed by atoms with E-state index in [0.29, 0.717) is 12.1 Å². The van der Waals surface area contributed by atoms with Crippen LogP contribution in [0.25, 0.3) is 0 Å². The van der Waals surface area contributed by atoms with E-state index in [1.807, 2.05) is 0 Å². The zero-order valence-electron chi connectivity index (χ0n) is 13.6. The molecule has 0 aliphatic heterocycles. The van der Waals surface area contributed by atoms with Crippen LogP contribution in [-0.2, 0) is 14.4 Å². The molecule has 0 aliphatic carbocycles. The van der Waals surface area contributed by atoms with Crippen LogP contribution in [0.2, 0.25) is 0 Å². The summed E-state index contributed by atoms with van der Waals surface area (Å²) in [6.45, 7) is 16.2. The van der Waals surface area contributed by atoms with Crippen LogP contribution in [0, 0.1) is 0 Å². The van der Waals surface area contributed by atoms with E-state index >= 15 is 0 Å². The Bertz CT molecular complexity index is 483. The molecule has 0 atom stereocenters. The van der Waals surface area contributed by atoms with Gasteiger partial charge in [0, 0.05) is 42.9 Å². The Balaban J connectivity index is 5.14. The van der Waals surface area contributed by atoms with Gasteiger partial charge >= 0.3 is 0 Å². The Labute approximate surface area is 131 Å². The molecule has 22 heavy (non-hydrogen) atoms. The van der Waals surface area contributed by atoms with Gasteiger partial charge < -0.3 is 10.6 Å². The van der Waals surface area contributed by atoms with E-state index in [1.54, 1.807) is 6.92 Å². The average molecular weight is 307 g/mol. The Morgan fingerprint density at radius 1 is 0.773 bits per heavy atom. The second kappa shape index (κ2) is 8.94. The van der Waals surface area contributed by atoms with Gasteiger partial charge in [-0.2, -0.15) is 0 Å². The number of carbonyl (C=O) groups excluding carboxylic acids is 3. The molecule has 6 nitrogen and oxygen atoms in total. The highest BCUT2D eigenvalue weighted by Crippen LogP contribution is 2.06. The number of nitrogens with two attached hydrogens (primary N) is 1. The van der Waals surface area contributed by atoms with E-state index in [0.717, 1.165) is 4.90 Å². The van der Waals surface area contributed by atoms with Gasteiger partial charge in [-0.25, -0.2) is 0 Å². The first-order chi connectivity index (χ1) is 10.1. The van der Waals surface area contributed by atoms with Gasteiger partial charge in [0.1, 0.15) is 0 Å². The fourth-order valence-corrected chi connectivity index (χ4v) is 1.72. The van der Waals surface area contributed by atoms with Crippen LogP contribution >= 0.6 is 0 Å². The van der Waals surface area contributed by atoms with Crippen molar-refractivity contribution >= 4 is 17.7 Å². The van der Waals surface area contributed by atoms with E-state index in [4.69, 9.17) is 5.73 Å². The van der Waals surface area contributed by atoms with E-state index in [9.17, 15) is 14.4 Å². The molecule has 0 aliphatic rings. The van der Waals surface area contributed by atoms with Crippen molar-refractivity contribution in [2.24, 2.45) is 5.73 Å². The monoisotopic (exact) mass is 307 g/mol. The first-order valence-corrected chi connectivity index (χ1v) is 6.95. The maximum atomic E-state index is 12.1. The van der Waals surface area contributed by atoms with Crippen LogP contribution in [0.3, 0.4) is 0 Å². The van der Waals surface area contributed by atoms with Gasteiger partial charge in [-0.15, -0.1) is 0 Å². The SMILES string of the molecule is C=C(C)C(=O)N(CCN)CCN(C(=O)C(=C)C)C(=O)C(=C)C. The van der Waals surface area contributed by atoms with Crippen molar-refractivity contribution in [3.8, 4) is 0 Å². The molecule has 0 unspecified atom stereocenters. The maximum Gasteiger partial charge on any atom is 0.255 e. The zero-order chi connectivity index (χ0) is 17.4. The lowest BCUT2D eigenvalue weighted by atomic mass is 10.2. The van der Waals surface area contributed by atoms with Crippen molar-refractivity contribution in [2.75, 3.05) is 26.2 Å².